The van der Waals surface area contributed by atoms with Crippen molar-refractivity contribution in [1.29, 1.82) is 0 Å². The summed E-state index contributed by atoms with van der Waals surface area (Å²) in [5.74, 6) is 0. The lowest BCUT2D eigenvalue weighted by atomic mass is 10.1. The Morgan fingerprint density at radius 2 is 1.80 bits per heavy atom. The van der Waals surface area contributed by atoms with Crippen LogP contribution in [-0.4, -0.2) is 4.98 Å². The second kappa shape index (κ2) is 4.19. The molecule has 0 radical (unpaired) electrons. The largest absolute Gasteiger partial charge is 0.234 e. The molecule has 1 aromatic heterocycles. The van der Waals surface area contributed by atoms with Crippen molar-refractivity contribution >= 4 is 17.3 Å². The predicted molar refractivity (Wildman–Crippen MR) is 60.1 cm³/mol. The van der Waals surface area contributed by atoms with Crippen LogP contribution in [0.5, 0.6) is 0 Å². The Morgan fingerprint density at radius 3 is 2.40 bits per heavy atom. The van der Waals surface area contributed by atoms with Crippen molar-refractivity contribution in [3.8, 4) is 11.3 Å². The van der Waals surface area contributed by atoms with E-state index in [4.69, 9.17) is 11.6 Å². The number of halogens is 1. The summed E-state index contributed by atoms with van der Waals surface area (Å²) in [4.78, 5) is 14.4. The maximum absolute atomic E-state index is 10.3. The molecule has 74 valence electrons. The Balaban J connectivity index is 2.47. The van der Waals surface area contributed by atoms with Gasteiger partial charge in [0.2, 0.25) is 0 Å². The van der Waals surface area contributed by atoms with E-state index in [1.807, 2.05) is 30.3 Å². The van der Waals surface area contributed by atoms with Crippen LogP contribution in [-0.2, 0) is 0 Å². The number of hydrogen-bond donors (Lipinski definition) is 0. The van der Waals surface area contributed by atoms with Crippen LogP contribution in [0, 0.1) is 4.91 Å². The first-order chi connectivity index (χ1) is 7.31. The van der Waals surface area contributed by atoms with Crippen molar-refractivity contribution in [2.45, 2.75) is 0 Å². The molecule has 1 heterocycles. The lowest BCUT2D eigenvalue weighted by Gasteiger charge is -2.01. The van der Waals surface area contributed by atoms with E-state index in [1.165, 1.54) is 0 Å². The molecule has 2 rings (SSSR count). The number of nitrogens with zero attached hydrogens (tertiary/aromatic N) is 2. The second-order valence-corrected chi connectivity index (χ2v) is 3.32. The van der Waals surface area contributed by atoms with E-state index < -0.39 is 0 Å². The maximum Gasteiger partial charge on any atom is 0.158 e. The van der Waals surface area contributed by atoms with Gasteiger partial charge in [0.05, 0.1) is 5.69 Å². The van der Waals surface area contributed by atoms with E-state index in [0.717, 1.165) is 11.3 Å². The van der Waals surface area contributed by atoms with E-state index >= 15 is 0 Å². The first kappa shape index (κ1) is 9.80. The summed E-state index contributed by atoms with van der Waals surface area (Å²) >= 11 is 5.77. The first-order valence-electron chi connectivity index (χ1n) is 4.36. The summed E-state index contributed by atoms with van der Waals surface area (Å²) < 4.78 is 0. The molecule has 15 heavy (non-hydrogen) atoms. The molecule has 0 saturated heterocycles. The van der Waals surface area contributed by atoms with Crippen LogP contribution in [0.1, 0.15) is 0 Å². The van der Waals surface area contributed by atoms with Crippen molar-refractivity contribution < 1.29 is 0 Å². The van der Waals surface area contributed by atoms with Gasteiger partial charge in [0.15, 0.2) is 5.15 Å². The average molecular weight is 219 g/mol. The van der Waals surface area contributed by atoms with E-state index in [-0.39, 0.29) is 10.8 Å². The summed E-state index contributed by atoms with van der Waals surface area (Å²) in [7, 11) is 0. The molecule has 0 aliphatic heterocycles. The molecule has 0 bridgehead atoms. The molecule has 0 saturated carbocycles. The fraction of sp³-hybridized carbons (Fsp3) is 0. The third kappa shape index (κ3) is 2.02. The number of rotatable bonds is 2. The van der Waals surface area contributed by atoms with Crippen molar-refractivity contribution in [2.24, 2.45) is 5.18 Å². The van der Waals surface area contributed by atoms with E-state index in [1.54, 1.807) is 12.1 Å². The molecular weight excluding hydrogens is 212 g/mol. The molecule has 0 amide bonds. The highest BCUT2D eigenvalue weighted by molar-refractivity contribution is 6.31. The highest BCUT2D eigenvalue weighted by Crippen LogP contribution is 2.26. The molecule has 0 spiro atoms. The fourth-order valence-electron chi connectivity index (χ4n) is 1.26. The zero-order valence-corrected chi connectivity index (χ0v) is 8.48. The molecule has 3 nitrogen and oxygen atoms in total. The Morgan fingerprint density at radius 1 is 1.07 bits per heavy atom. The first-order valence-corrected chi connectivity index (χ1v) is 4.74. The number of pyridine rings is 1. The summed E-state index contributed by atoms with van der Waals surface area (Å²) in [5, 5.41) is 2.89. The summed E-state index contributed by atoms with van der Waals surface area (Å²) in [6, 6.07) is 12.9. The molecule has 1 aromatic carbocycles. The SMILES string of the molecule is O=Nc1ccc(-c2ccccc2)nc1Cl. The van der Waals surface area contributed by atoms with Gasteiger partial charge in [-0.25, -0.2) is 4.98 Å². The van der Waals surface area contributed by atoms with Gasteiger partial charge in [0.1, 0.15) is 5.69 Å². The average Bonchev–Trinajstić information content (AvgIpc) is 2.30. The van der Waals surface area contributed by atoms with Gasteiger partial charge in [-0.05, 0) is 17.3 Å². The minimum Gasteiger partial charge on any atom is -0.234 e. The Bertz CT molecular complexity index is 485. The monoisotopic (exact) mass is 218 g/mol. The number of nitroso groups, excluding NO2 is 1. The third-order valence-corrected chi connectivity index (χ3v) is 2.28. The van der Waals surface area contributed by atoms with Gasteiger partial charge < -0.3 is 0 Å². The normalized spacial score (nSPS) is 9.93. The summed E-state index contributed by atoms with van der Waals surface area (Å²) in [5.41, 5.74) is 1.85. The number of aromatic nitrogens is 1. The zero-order valence-electron chi connectivity index (χ0n) is 7.72. The predicted octanol–water partition coefficient (Wildman–Crippen LogP) is 3.80. The van der Waals surface area contributed by atoms with E-state index in [2.05, 4.69) is 10.2 Å². The minimum atomic E-state index is 0.131. The van der Waals surface area contributed by atoms with Gasteiger partial charge in [0, 0.05) is 5.56 Å². The van der Waals surface area contributed by atoms with Crippen molar-refractivity contribution in [1.82, 2.24) is 4.98 Å². The second-order valence-electron chi connectivity index (χ2n) is 2.96. The molecule has 2 aromatic rings. The fourth-order valence-corrected chi connectivity index (χ4v) is 1.45. The molecule has 0 unspecified atom stereocenters. The summed E-state index contributed by atoms with van der Waals surface area (Å²) in [6.45, 7) is 0. The Kier molecular flexibility index (Phi) is 2.74. The smallest absolute Gasteiger partial charge is 0.158 e. The van der Waals surface area contributed by atoms with Crippen LogP contribution in [0.15, 0.2) is 47.6 Å². The third-order valence-electron chi connectivity index (χ3n) is 2.00. The van der Waals surface area contributed by atoms with Crippen molar-refractivity contribution in [2.75, 3.05) is 0 Å². The van der Waals surface area contributed by atoms with Crippen LogP contribution < -0.4 is 0 Å². The standard InChI is InChI=1S/C11H7ClN2O/c12-11-10(14-15)7-6-9(13-11)8-4-2-1-3-5-8/h1-7H. The van der Waals surface area contributed by atoms with Gasteiger partial charge in [-0.3, -0.25) is 0 Å². The van der Waals surface area contributed by atoms with Gasteiger partial charge in [0.25, 0.3) is 0 Å². The molecule has 0 atom stereocenters. The molecule has 0 fully saturated rings. The maximum atomic E-state index is 10.3. The Hall–Kier alpha value is -1.74. The van der Waals surface area contributed by atoms with E-state index in [0.29, 0.717) is 0 Å². The number of benzene rings is 1. The molecule has 0 N–H and O–H groups in total. The van der Waals surface area contributed by atoms with E-state index in [9.17, 15) is 4.91 Å². The van der Waals surface area contributed by atoms with Gasteiger partial charge >= 0.3 is 0 Å². The Labute approximate surface area is 91.7 Å². The van der Waals surface area contributed by atoms with Crippen LogP contribution in [0.2, 0.25) is 5.15 Å². The van der Waals surface area contributed by atoms with Crippen molar-refractivity contribution in [3.63, 3.8) is 0 Å². The lowest BCUT2D eigenvalue weighted by molar-refractivity contribution is 1.30. The molecule has 4 heteroatoms. The molecular formula is C11H7ClN2O. The minimum absolute atomic E-state index is 0.131. The van der Waals surface area contributed by atoms with Gasteiger partial charge in [-0.2, -0.15) is 0 Å². The zero-order chi connectivity index (χ0) is 10.7. The molecule has 0 aliphatic rings. The van der Waals surface area contributed by atoms with Gasteiger partial charge in [-0.15, -0.1) is 4.91 Å². The van der Waals surface area contributed by atoms with Crippen LogP contribution in [0.4, 0.5) is 5.69 Å². The highest BCUT2D eigenvalue weighted by atomic mass is 35.5. The topological polar surface area (TPSA) is 42.3 Å². The quantitative estimate of drug-likeness (QED) is 0.568. The van der Waals surface area contributed by atoms with Crippen LogP contribution >= 0.6 is 11.6 Å². The van der Waals surface area contributed by atoms with Crippen molar-refractivity contribution in [3.05, 3.63) is 52.5 Å². The van der Waals surface area contributed by atoms with Crippen LogP contribution in [0.25, 0.3) is 11.3 Å². The lowest BCUT2D eigenvalue weighted by Crippen LogP contribution is -1.83. The molecule has 0 aliphatic carbocycles. The highest BCUT2D eigenvalue weighted by Gasteiger charge is 2.04. The van der Waals surface area contributed by atoms with Crippen LogP contribution in [0.3, 0.4) is 0 Å². The van der Waals surface area contributed by atoms with Gasteiger partial charge in [-0.1, -0.05) is 41.9 Å². The summed E-state index contributed by atoms with van der Waals surface area (Å²) in [6.07, 6.45) is 0. The number of hydrogen-bond acceptors (Lipinski definition) is 3.